The highest BCUT2D eigenvalue weighted by Gasteiger charge is 2.40. The highest BCUT2D eigenvalue weighted by Crippen LogP contribution is 2.36. The molecule has 2 heteroatoms. The second-order valence-electron chi connectivity index (χ2n) is 4.34. The van der Waals surface area contributed by atoms with E-state index in [0.717, 1.165) is 6.54 Å². The zero-order valence-corrected chi connectivity index (χ0v) is 8.36. The topological polar surface area (TPSA) is 21.3 Å². The molecule has 0 radical (unpaired) electrons. The summed E-state index contributed by atoms with van der Waals surface area (Å²) >= 11 is 0. The van der Waals surface area contributed by atoms with Crippen LogP contribution in [-0.4, -0.2) is 18.7 Å². The van der Waals surface area contributed by atoms with Gasteiger partial charge in [-0.25, -0.2) is 0 Å². The summed E-state index contributed by atoms with van der Waals surface area (Å²) in [5.74, 6) is 0. The Balaban J connectivity index is 1.86. The Morgan fingerprint density at radius 1 is 1.29 bits per heavy atom. The molecule has 1 N–H and O–H groups in total. The largest absolute Gasteiger partial charge is 0.367 e. The maximum atomic E-state index is 5.92. The standard InChI is InChI=1S/C12H15NO/c1-8-2-4-9(5-3-8)12-11-6-10(14-12)7-13-11/h2-5,10-13H,6-7H2,1H3/t10-,11-,12+/m0/s1. The Labute approximate surface area is 84.3 Å². The van der Waals surface area contributed by atoms with E-state index in [1.165, 1.54) is 17.5 Å². The van der Waals surface area contributed by atoms with Crippen LogP contribution in [0.15, 0.2) is 24.3 Å². The average molecular weight is 189 g/mol. The van der Waals surface area contributed by atoms with Crippen LogP contribution in [0.4, 0.5) is 0 Å². The number of ether oxygens (including phenoxy) is 1. The fourth-order valence-corrected chi connectivity index (χ4v) is 2.44. The molecule has 14 heavy (non-hydrogen) atoms. The monoisotopic (exact) mass is 189 g/mol. The van der Waals surface area contributed by atoms with Crippen LogP contribution in [0, 0.1) is 6.92 Å². The van der Waals surface area contributed by atoms with Crippen molar-refractivity contribution in [2.45, 2.75) is 31.6 Å². The fourth-order valence-electron chi connectivity index (χ4n) is 2.44. The second-order valence-corrected chi connectivity index (χ2v) is 4.34. The molecule has 0 unspecified atom stereocenters. The third-order valence-corrected chi connectivity index (χ3v) is 3.23. The maximum Gasteiger partial charge on any atom is 0.0983 e. The van der Waals surface area contributed by atoms with Crippen molar-refractivity contribution in [3.8, 4) is 0 Å². The molecular formula is C12H15NO. The van der Waals surface area contributed by atoms with Gasteiger partial charge in [-0.05, 0) is 18.9 Å². The van der Waals surface area contributed by atoms with Crippen molar-refractivity contribution < 1.29 is 4.74 Å². The van der Waals surface area contributed by atoms with Gasteiger partial charge in [-0.3, -0.25) is 0 Å². The van der Waals surface area contributed by atoms with Gasteiger partial charge in [0, 0.05) is 12.6 Å². The third kappa shape index (κ3) is 1.26. The van der Waals surface area contributed by atoms with Gasteiger partial charge in [0.15, 0.2) is 0 Å². The first-order valence-corrected chi connectivity index (χ1v) is 5.28. The van der Waals surface area contributed by atoms with Crippen molar-refractivity contribution in [2.75, 3.05) is 6.54 Å². The Bertz CT molecular complexity index is 333. The lowest BCUT2D eigenvalue weighted by Gasteiger charge is -2.23. The Morgan fingerprint density at radius 3 is 2.64 bits per heavy atom. The third-order valence-electron chi connectivity index (χ3n) is 3.23. The smallest absolute Gasteiger partial charge is 0.0983 e. The molecule has 3 atom stereocenters. The van der Waals surface area contributed by atoms with Crippen LogP contribution in [-0.2, 0) is 4.74 Å². The van der Waals surface area contributed by atoms with Crippen molar-refractivity contribution in [3.63, 3.8) is 0 Å². The molecule has 2 heterocycles. The quantitative estimate of drug-likeness (QED) is 0.727. The normalized spacial score (nSPS) is 35.1. The van der Waals surface area contributed by atoms with Gasteiger partial charge in [0.25, 0.3) is 0 Å². The first kappa shape index (κ1) is 8.45. The molecule has 2 bridgehead atoms. The molecule has 2 aliphatic rings. The number of hydrogen-bond acceptors (Lipinski definition) is 2. The van der Waals surface area contributed by atoms with Gasteiger partial charge in [-0.2, -0.15) is 0 Å². The zero-order valence-electron chi connectivity index (χ0n) is 8.36. The minimum absolute atomic E-state index is 0.286. The van der Waals surface area contributed by atoms with Crippen molar-refractivity contribution in [3.05, 3.63) is 35.4 Å². The summed E-state index contributed by atoms with van der Waals surface area (Å²) in [6, 6.07) is 9.22. The van der Waals surface area contributed by atoms with Crippen LogP contribution in [0.5, 0.6) is 0 Å². The van der Waals surface area contributed by atoms with Gasteiger partial charge < -0.3 is 10.1 Å². The van der Waals surface area contributed by atoms with Crippen LogP contribution in [0.3, 0.4) is 0 Å². The molecule has 0 aromatic heterocycles. The molecule has 0 spiro atoms. The van der Waals surface area contributed by atoms with Gasteiger partial charge >= 0.3 is 0 Å². The van der Waals surface area contributed by atoms with Crippen molar-refractivity contribution in [2.24, 2.45) is 0 Å². The minimum Gasteiger partial charge on any atom is -0.367 e. The molecule has 2 fully saturated rings. The summed E-state index contributed by atoms with van der Waals surface area (Å²) in [4.78, 5) is 0. The fraction of sp³-hybridized carbons (Fsp3) is 0.500. The van der Waals surface area contributed by atoms with Gasteiger partial charge in [-0.15, -0.1) is 0 Å². The molecule has 2 nitrogen and oxygen atoms in total. The number of nitrogens with one attached hydrogen (secondary N) is 1. The summed E-state index contributed by atoms with van der Waals surface area (Å²) < 4.78 is 5.92. The van der Waals surface area contributed by atoms with Gasteiger partial charge in [0.2, 0.25) is 0 Å². The van der Waals surface area contributed by atoms with E-state index in [1.807, 2.05) is 0 Å². The van der Waals surface area contributed by atoms with E-state index in [2.05, 4.69) is 36.5 Å². The van der Waals surface area contributed by atoms with E-state index >= 15 is 0 Å². The summed E-state index contributed by atoms with van der Waals surface area (Å²) in [6.07, 6.45) is 1.92. The van der Waals surface area contributed by atoms with Crippen LogP contribution < -0.4 is 5.32 Å². The maximum absolute atomic E-state index is 5.92. The molecule has 74 valence electrons. The lowest BCUT2D eigenvalue weighted by atomic mass is 10.0. The summed E-state index contributed by atoms with van der Waals surface area (Å²) in [5.41, 5.74) is 2.63. The predicted octanol–water partition coefficient (Wildman–Crippen LogP) is 1.80. The SMILES string of the molecule is Cc1ccc([C@H]2O[C@@H]3CN[C@H]2C3)cc1. The van der Waals surface area contributed by atoms with E-state index in [4.69, 9.17) is 4.74 Å². The van der Waals surface area contributed by atoms with Gasteiger partial charge in [0.05, 0.1) is 12.2 Å². The molecule has 0 saturated carbocycles. The molecule has 1 aromatic carbocycles. The van der Waals surface area contributed by atoms with E-state index in [1.54, 1.807) is 0 Å². The molecular weight excluding hydrogens is 174 g/mol. The molecule has 1 aromatic rings. The van der Waals surface area contributed by atoms with Crippen molar-refractivity contribution in [1.29, 1.82) is 0 Å². The van der Waals surface area contributed by atoms with Crippen LogP contribution in [0.1, 0.15) is 23.7 Å². The van der Waals surface area contributed by atoms with E-state index < -0.39 is 0 Å². The molecule has 2 saturated heterocycles. The molecule has 0 amide bonds. The first-order valence-electron chi connectivity index (χ1n) is 5.28. The van der Waals surface area contributed by atoms with E-state index in [-0.39, 0.29) is 6.10 Å². The highest BCUT2D eigenvalue weighted by atomic mass is 16.5. The number of morpholine rings is 1. The number of aryl methyl sites for hydroxylation is 1. The van der Waals surface area contributed by atoms with Crippen LogP contribution in [0.2, 0.25) is 0 Å². The highest BCUT2D eigenvalue weighted by molar-refractivity contribution is 5.25. The second kappa shape index (κ2) is 3.07. The first-order chi connectivity index (χ1) is 6.83. The number of benzene rings is 1. The van der Waals surface area contributed by atoms with E-state index in [9.17, 15) is 0 Å². The Morgan fingerprint density at radius 2 is 2.07 bits per heavy atom. The number of hydrogen-bond donors (Lipinski definition) is 1. The average Bonchev–Trinajstić information content (AvgIpc) is 2.80. The lowest BCUT2D eigenvalue weighted by Crippen LogP contribution is -2.33. The summed E-state index contributed by atoms with van der Waals surface area (Å²) in [7, 11) is 0. The summed E-state index contributed by atoms with van der Waals surface area (Å²) in [6.45, 7) is 3.15. The van der Waals surface area contributed by atoms with Crippen LogP contribution >= 0.6 is 0 Å². The minimum atomic E-state index is 0.286. The van der Waals surface area contributed by atoms with Gasteiger partial charge in [-0.1, -0.05) is 29.8 Å². The number of fused-ring (bicyclic) bond motifs is 2. The number of rotatable bonds is 1. The summed E-state index contributed by atoms with van der Waals surface area (Å²) in [5, 5.41) is 3.49. The van der Waals surface area contributed by atoms with Gasteiger partial charge in [0.1, 0.15) is 0 Å². The molecule has 2 aliphatic heterocycles. The van der Waals surface area contributed by atoms with Crippen molar-refractivity contribution in [1.82, 2.24) is 5.32 Å². The zero-order chi connectivity index (χ0) is 9.54. The Hall–Kier alpha value is -0.860. The molecule has 0 aliphatic carbocycles. The van der Waals surface area contributed by atoms with Crippen molar-refractivity contribution >= 4 is 0 Å². The van der Waals surface area contributed by atoms with Crippen LogP contribution in [0.25, 0.3) is 0 Å². The lowest BCUT2D eigenvalue weighted by molar-refractivity contribution is 0.0160. The Kier molecular flexibility index (Phi) is 1.85. The predicted molar refractivity (Wildman–Crippen MR) is 55.2 cm³/mol. The van der Waals surface area contributed by atoms with E-state index in [0.29, 0.717) is 12.1 Å². The molecule has 3 rings (SSSR count).